The van der Waals surface area contributed by atoms with Crippen LogP contribution in [0.4, 0.5) is 10.9 Å². The van der Waals surface area contributed by atoms with E-state index in [0.29, 0.717) is 23.8 Å². The number of carbonyl (C=O) groups excluding carboxylic acids is 1. The predicted molar refractivity (Wildman–Crippen MR) is 125 cm³/mol. The Bertz CT molecular complexity index is 1150. The number of rotatable bonds is 5. The number of aromatic nitrogens is 2. The van der Waals surface area contributed by atoms with Gasteiger partial charge in [-0.05, 0) is 40.7 Å². The molecule has 3 aromatic rings. The first-order valence-corrected chi connectivity index (χ1v) is 11.8. The molecule has 1 amide bonds. The quantitative estimate of drug-likeness (QED) is 0.550. The zero-order valence-corrected chi connectivity index (χ0v) is 19.5. The molecule has 0 bridgehead atoms. The lowest BCUT2D eigenvalue weighted by Crippen LogP contribution is -2.25. The van der Waals surface area contributed by atoms with Crippen LogP contribution in [-0.2, 0) is 25.9 Å². The number of nitrogens with zero attached hydrogens (tertiary/aromatic N) is 3. The number of hydrogen-bond donors (Lipinski definition) is 2. The topological polar surface area (TPSA) is 79.4 Å². The van der Waals surface area contributed by atoms with Crippen LogP contribution in [0.15, 0.2) is 34.9 Å². The second-order valence-electron chi connectivity index (χ2n) is 7.75. The van der Waals surface area contributed by atoms with Gasteiger partial charge in [0.25, 0.3) is 5.91 Å². The highest BCUT2D eigenvalue weighted by atomic mass is 79.9. The number of likely N-dealkylation sites (N-methyl/N-ethyl adjacent to an activating group) is 1. The number of halogens is 1. The van der Waals surface area contributed by atoms with Crippen molar-refractivity contribution in [2.45, 2.75) is 25.9 Å². The van der Waals surface area contributed by atoms with Gasteiger partial charge in [0.1, 0.15) is 11.6 Å². The van der Waals surface area contributed by atoms with E-state index in [2.05, 4.69) is 48.5 Å². The van der Waals surface area contributed by atoms with Gasteiger partial charge in [-0.3, -0.25) is 10.1 Å². The molecule has 0 fully saturated rings. The van der Waals surface area contributed by atoms with E-state index in [4.69, 9.17) is 4.74 Å². The van der Waals surface area contributed by atoms with E-state index in [1.54, 1.807) is 17.5 Å². The molecule has 0 spiro atoms. The van der Waals surface area contributed by atoms with Crippen molar-refractivity contribution in [3.8, 4) is 5.75 Å². The number of anilines is 2. The standard InChI is InChI=1S/C22H22BrN5O2S/c1-28-7-5-17-18(12-28)31-22(26-17)27-21(29)14-4-2-3-13(9-14)10-24-20-15-6-8-30-19(15)16(23)11-25-20/h2-4,9,11H,5-8,10,12H2,1H3,(H,24,25)(H,26,27,29). The van der Waals surface area contributed by atoms with Crippen LogP contribution in [0, 0.1) is 0 Å². The molecular weight excluding hydrogens is 478 g/mol. The summed E-state index contributed by atoms with van der Waals surface area (Å²) < 4.78 is 6.55. The van der Waals surface area contributed by atoms with Crippen molar-refractivity contribution in [3.05, 3.63) is 62.2 Å². The van der Waals surface area contributed by atoms with E-state index in [1.165, 1.54) is 4.88 Å². The van der Waals surface area contributed by atoms with Crippen LogP contribution in [0.5, 0.6) is 5.75 Å². The van der Waals surface area contributed by atoms with Gasteiger partial charge in [0.2, 0.25) is 0 Å². The summed E-state index contributed by atoms with van der Waals surface area (Å²) in [7, 11) is 2.10. The fraction of sp³-hybridized carbons (Fsp3) is 0.318. The number of ether oxygens (including phenoxy) is 1. The van der Waals surface area contributed by atoms with Gasteiger partial charge in [-0.2, -0.15) is 0 Å². The molecule has 2 aliphatic heterocycles. The van der Waals surface area contributed by atoms with Crippen LogP contribution >= 0.6 is 27.3 Å². The SMILES string of the molecule is CN1CCc2nc(NC(=O)c3cccc(CNc4ncc(Br)c5c4CCO5)c3)sc2C1. The van der Waals surface area contributed by atoms with Crippen LogP contribution in [-0.4, -0.2) is 41.0 Å². The molecular formula is C22H22BrN5O2S. The van der Waals surface area contributed by atoms with E-state index >= 15 is 0 Å². The molecule has 7 nitrogen and oxygen atoms in total. The largest absolute Gasteiger partial charge is 0.492 e. The molecule has 160 valence electrons. The summed E-state index contributed by atoms with van der Waals surface area (Å²) in [4.78, 5) is 25.4. The third kappa shape index (κ3) is 4.30. The van der Waals surface area contributed by atoms with Crippen molar-refractivity contribution in [2.24, 2.45) is 0 Å². The second-order valence-corrected chi connectivity index (χ2v) is 9.68. The second kappa shape index (κ2) is 8.57. The highest BCUT2D eigenvalue weighted by molar-refractivity contribution is 9.10. The third-order valence-electron chi connectivity index (χ3n) is 5.47. The molecule has 5 rings (SSSR count). The normalized spacial score (nSPS) is 15.2. The predicted octanol–water partition coefficient (Wildman–Crippen LogP) is 4.09. The maximum absolute atomic E-state index is 12.8. The number of fused-ring (bicyclic) bond motifs is 2. The lowest BCUT2D eigenvalue weighted by Gasteiger charge is -2.20. The van der Waals surface area contributed by atoms with E-state index < -0.39 is 0 Å². The van der Waals surface area contributed by atoms with E-state index in [9.17, 15) is 4.79 Å². The van der Waals surface area contributed by atoms with Gasteiger partial charge in [-0.1, -0.05) is 12.1 Å². The van der Waals surface area contributed by atoms with Gasteiger partial charge >= 0.3 is 0 Å². The number of benzene rings is 1. The molecule has 4 heterocycles. The average molecular weight is 500 g/mol. The lowest BCUT2D eigenvalue weighted by molar-refractivity contribution is 0.102. The van der Waals surface area contributed by atoms with Crippen molar-refractivity contribution in [3.63, 3.8) is 0 Å². The zero-order valence-electron chi connectivity index (χ0n) is 17.1. The molecule has 0 atom stereocenters. The van der Waals surface area contributed by atoms with Crippen molar-refractivity contribution in [1.82, 2.24) is 14.9 Å². The minimum Gasteiger partial charge on any atom is -0.492 e. The molecule has 0 saturated heterocycles. The molecule has 0 aliphatic carbocycles. The Morgan fingerprint density at radius 2 is 2.26 bits per heavy atom. The number of carbonyl (C=O) groups is 1. The average Bonchev–Trinajstić information content (AvgIpc) is 3.41. The highest BCUT2D eigenvalue weighted by Crippen LogP contribution is 2.37. The lowest BCUT2D eigenvalue weighted by atomic mass is 10.1. The van der Waals surface area contributed by atoms with Gasteiger partial charge < -0.3 is 15.0 Å². The number of pyridine rings is 1. The van der Waals surface area contributed by atoms with Gasteiger partial charge in [0.15, 0.2) is 5.13 Å². The summed E-state index contributed by atoms with van der Waals surface area (Å²) >= 11 is 5.05. The fourth-order valence-electron chi connectivity index (χ4n) is 3.86. The van der Waals surface area contributed by atoms with Crippen LogP contribution in [0.3, 0.4) is 0 Å². The van der Waals surface area contributed by atoms with Gasteiger partial charge in [0, 0.05) is 54.7 Å². The smallest absolute Gasteiger partial charge is 0.257 e. The Hall–Kier alpha value is -2.49. The molecule has 2 aliphatic rings. The van der Waals surface area contributed by atoms with Crippen LogP contribution in [0.25, 0.3) is 0 Å². The number of amides is 1. The third-order valence-corrected chi connectivity index (χ3v) is 7.04. The highest BCUT2D eigenvalue weighted by Gasteiger charge is 2.21. The molecule has 9 heteroatoms. The Balaban J connectivity index is 1.26. The summed E-state index contributed by atoms with van der Waals surface area (Å²) in [5.41, 5.74) is 3.81. The molecule has 0 unspecified atom stereocenters. The summed E-state index contributed by atoms with van der Waals surface area (Å²) in [5, 5.41) is 7.02. The monoisotopic (exact) mass is 499 g/mol. The Labute approximate surface area is 193 Å². The van der Waals surface area contributed by atoms with Crippen LogP contribution in [0.1, 0.15) is 32.1 Å². The number of thiazole rings is 1. The van der Waals surface area contributed by atoms with Crippen molar-refractivity contribution in [1.29, 1.82) is 0 Å². The number of hydrogen-bond acceptors (Lipinski definition) is 7. The summed E-state index contributed by atoms with van der Waals surface area (Å²) in [6.07, 6.45) is 3.51. The van der Waals surface area contributed by atoms with E-state index in [-0.39, 0.29) is 5.91 Å². The maximum Gasteiger partial charge on any atom is 0.257 e. The van der Waals surface area contributed by atoms with Gasteiger partial charge in [-0.25, -0.2) is 9.97 Å². The van der Waals surface area contributed by atoms with Crippen molar-refractivity contribution < 1.29 is 9.53 Å². The van der Waals surface area contributed by atoms with Crippen LogP contribution < -0.4 is 15.4 Å². The Morgan fingerprint density at radius 1 is 1.35 bits per heavy atom. The Morgan fingerprint density at radius 3 is 3.16 bits per heavy atom. The van der Waals surface area contributed by atoms with Gasteiger partial charge in [-0.15, -0.1) is 11.3 Å². The maximum atomic E-state index is 12.8. The Kier molecular flexibility index (Phi) is 5.64. The summed E-state index contributed by atoms with van der Waals surface area (Å²) in [6, 6.07) is 7.62. The minimum atomic E-state index is -0.141. The summed E-state index contributed by atoms with van der Waals surface area (Å²) in [6.45, 7) is 3.13. The molecule has 2 aromatic heterocycles. The van der Waals surface area contributed by atoms with Gasteiger partial charge in [0.05, 0.1) is 16.8 Å². The molecule has 2 N–H and O–H groups in total. The molecule has 0 radical (unpaired) electrons. The summed E-state index contributed by atoms with van der Waals surface area (Å²) in [5.74, 6) is 1.55. The van der Waals surface area contributed by atoms with Crippen molar-refractivity contribution >= 4 is 44.1 Å². The molecule has 0 saturated carbocycles. The number of nitrogens with one attached hydrogen (secondary N) is 2. The van der Waals surface area contributed by atoms with Crippen molar-refractivity contribution in [2.75, 3.05) is 30.8 Å². The zero-order chi connectivity index (χ0) is 21.4. The first-order chi connectivity index (χ1) is 15.1. The first kappa shape index (κ1) is 20.4. The van der Waals surface area contributed by atoms with E-state index in [0.717, 1.165) is 58.8 Å². The van der Waals surface area contributed by atoms with Crippen LogP contribution in [0.2, 0.25) is 0 Å². The molecule has 31 heavy (non-hydrogen) atoms. The van der Waals surface area contributed by atoms with E-state index in [1.807, 2.05) is 24.3 Å². The minimum absolute atomic E-state index is 0.141. The molecule has 1 aromatic carbocycles. The first-order valence-electron chi connectivity index (χ1n) is 10.2. The fourth-order valence-corrected chi connectivity index (χ4v) is 5.40.